The molecule has 1 unspecified atom stereocenters. The second-order valence-corrected chi connectivity index (χ2v) is 3.60. The molecule has 1 aliphatic rings. The number of rotatable bonds is 1. The van der Waals surface area contributed by atoms with E-state index in [2.05, 4.69) is 0 Å². The fraction of sp³-hybridized carbons (Fsp3) is 0.273. The van der Waals surface area contributed by atoms with E-state index in [1.807, 2.05) is 0 Å². The van der Waals surface area contributed by atoms with E-state index in [9.17, 15) is 14.0 Å². The van der Waals surface area contributed by atoms with Crippen molar-refractivity contribution in [3.63, 3.8) is 0 Å². The SMILES string of the molecule is CN1C(=O)CC(c2ccc(F)cc2)C1=O. The van der Waals surface area contributed by atoms with Crippen molar-refractivity contribution >= 4 is 11.8 Å². The average Bonchev–Trinajstić information content (AvgIpc) is 2.47. The molecular weight excluding hydrogens is 197 g/mol. The van der Waals surface area contributed by atoms with E-state index >= 15 is 0 Å². The van der Waals surface area contributed by atoms with Gasteiger partial charge >= 0.3 is 0 Å². The number of nitrogens with zero attached hydrogens (tertiary/aromatic N) is 1. The van der Waals surface area contributed by atoms with Crippen molar-refractivity contribution in [1.82, 2.24) is 4.90 Å². The first-order valence-corrected chi connectivity index (χ1v) is 4.65. The lowest BCUT2D eigenvalue weighted by atomic mass is 9.98. The Morgan fingerprint density at radius 2 is 1.87 bits per heavy atom. The van der Waals surface area contributed by atoms with Crippen LogP contribution in [0.1, 0.15) is 17.9 Å². The molecule has 78 valence electrons. The largest absolute Gasteiger partial charge is 0.285 e. The molecule has 15 heavy (non-hydrogen) atoms. The molecule has 1 aromatic rings. The Hall–Kier alpha value is -1.71. The number of halogens is 1. The predicted molar refractivity (Wildman–Crippen MR) is 51.5 cm³/mol. The summed E-state index contributed by atoms with van der Waals surface area (Å²) in [7, 11) is 1.47. The molecule has 0 spiro atoms. The zero-order valence-electron chi connectivity index (χ0n) is 8.24. The van der Waals surface area contributed by atoms with Crippen LogP contribution in [0.25, 0.3) is 0 Å². The van der Waals surface area contributed by atoms with Crippen LogP contribution in [0.3, 0.4) is 0 Å². The average molecular weight is 207 g/mol. The molecule has 1 atom stereocenters. The number of imide groups is 1. The summed E-state index contributed by atoms with van der Waals surface area (Å²) < 4.78 is 12.7. The fourth-order valence-corrected chi connectivity index (χ4v) is 1.71. The lowest BCUT2D eigenvalue weighted by Crippen LogP contribution is -2.25. The van der Waals surface area contributed by atoms with Crippen molar-refractivity contribution in [2.45, 2.75) is 12.3 Å². The normalized spacial score (nSPS) is 21.2. The molecule has 0 radical (unpaired) electrons. The van der Waals surface area contributed by atoms with Crippen molar-refractivity contribution in [2.24, 2.45) is 0 Å². The topological polar surface area (TPSA) is 37.4 Å². The second-order valence-electron chi connectivity index (χ2n) is 3.60. The summed E-state index contributed by atoms with van der Waals surface area (Å²) >= 11 is 0. The number of hydrogen-bond acceptors (Lipinski definition) is 2. The van der Waals surface area contributed by atoms with Gasteiger partial charge in [0.1, 0.15) is 5.82 Å². The van der Waals surface area contributed by atoms with E-state index in [1.165, 1.54) is 19.2 Å². The van der Waals surface area contributed by atoms with Crippen LogP contribution in [0.15, 0.2) is 24.3 Å². The Balaban J connectivity index is 2.29. The smallest absolute Gasteiger partial charge is 0.236 e. The highest BCUT2D eigenvalue weighted by molar-refractivity contribution is 6.05. The molecule has 0 aliphatic carbocycles. The summed E-state index contributed by atoms with van der Waals surface area (Å²) in [4.78, 5) is 24.0. The van der Waals surface area contributed by atoms with E-state index in [4.69, 9.17) is 0 Å². The van der Waals surface area contributed by atoms with Crippen molar-refractivity contribution in [1.29, 1.82) is 0 Å². The van der Waals surface area contributed by atoms with Gasteiger partial charge in [0.2, 0.25) is 11.8 Å². The van der Waals surface area contributed by atoms with E-state index in [1.54, 1.807) is 12.1 Å². The van der Waals surface area contributed by atoms with Crippen LogP contribution in [0.4, 0.5) is 4.39 Å². The van der Waals surface area contributed by atoms with E-state index in [0.29, 0.717) is 5.56 Å². The Kier molecular flexibility index (Phi) is 2.26. The monoisotopic (exact) mass is 207 g/mol. The number of benzene rings is 1. The van der Waals surface area contributed by atoms with Crippen molar-refractivity contribution in [2.75, 3.05) is 7.05 Å². The lowest BCUT2D eigenvalue weighted by Gasteiger charge is -2.08. The highest BCUT2D eigenvalue weighted by Gasteiger charge is 2.36. The van der Waals surface area contributed by atoms with Crippen molar-refractivity contribution in [3.05, 3.63) is 35.6 Å². The number of carbonyl (C=O) groups excluding carboxylic acids is 2. The van der Waals surface area contributed by atoms with Crippen molar-refractivity contribution < 1.29 is 14.0 Å². The summed E-state index contributed by atoms with van der Waals surface area (Å²) in [5.41, 5.74) is 0.694. The summed E-state index contributed by atoms with van der Waals surface area (Å²) in [6.45, 7) is 0. The third-order valence-corrected chi connectivity index (χ3v) is 2.65. The van der Waals surface area contributed by atoms with Gasteiger partial charge in [-0.25, -0.2) is 4.39 Å². The third-order valence-electron chi connectivity index (χ3n) is 2.65. The molecule has 1 saturated heterocycles. The first-order chi connectivity index (χ1) is 7.09. The number of likely N-dealkylation sites (N-methyl/N-ethyl adjacent to an activating group) is 1. The minimum absolute atomic E-state index is 0.182. The summed E-state index contributed by atoms with van der Waals surface area (Å²) in [5, 5.41) is 0. The number of likely N-dealkylation sites (tertiary alicyclic amines) is 1. The lowest BCUT2D eigenvalue weighted by molar-refractivity contribution is -0.137. The van der Waals surface area contributed by atoms with Crippen molar-refractivity contribution in [3.8, 4) is 0 Å². The maximum Gasteiger partial charge on any atom is 0.236 e. The second kappa shape index (κ2) is 3.46. The van der Waals surface area contributed by atoms with Gasteiger partial charge in [0, 0.05) is 13.5 Å². The molecule has 4 heteroatoms. The van der Waals surface area contributed by atoms with Gasteiger partial charge in [-0.2, -0.15) is 0 Å². The van der Waals surface area contributed by atoms with Gasteiger partial charge < -0.3 is 0 Å². The molecular formula is C11H10FNO2. The fourth-order valence-electron chi connectivity index (χ4n) is 1.71. The Morgan fingerprint density at radius 1 is 1.27 bits per heavy atom. The van der Waals surface area contributed by atoms with Crippen LogP contribution in [-0.2, 0) is 9.59 Å². The zero-order chi connectivity index (χ0) is 11.0. The van der Waals surface area contributed by atoms with Gasteiger partial charge in [0.15, 0.2) is 0 Å². The highest BCUT2D eigenvalue weighted by atomic mass is 19.1. The predicted octanol–water partition coefficient (Wildman–Crippen LogP) is 1.30. The van der Waals surface area contributed by atoms with Gasteiger partial charge in [-0.1, -0.05) is 12.1 Å². The van der Waals surface area contributed by atoms with Gasteiger partial charge in [0.25, 0.3) is 0 Å². The highest BCUT2D eigenvalue weighted by Crippen LogP contribution is 2.28. The molecule has 1 heterocycles. The van der Waals surface area contributed by atoms with E-state index in [0.717, 1.165) is 4.90 Å². The molecule has 0 aromatic heterocycles. The Morgan fingerprint density at radius 3 is 2.33 bits per heavy atom. The third kappa shape index (κ3) is 1.63. The molecule has 0 saturated carbocycles. The summed E-state index contributed by atoms with van der Waals surface area (Å²) in [5.74, 6) is -1.19. The molecule has 1 aliphatic heterocycles. The maximum atomic E-state index is 12.7. The molecule has 3 nitrogen and oxygen atoms in total. The van der Waals surface area contributed by atoms with E-state index in [-0.39, 0.29) is 24.1 Å². The molecule has 2 amide bonds. The van der Waals surface area contributed by atoms with Gasteiger partial charge in [-0.15, -0.1) is 0 Å². The standard InChI is InChI=1S/C11H10FNO2/c1-13-10(14)6-9(11(13)15)7-2-4-8(12)5-3-7/h2-5,9H,6H2,1H3. The first-order valence-electron chi connectivity index (χ1n) is 4.65. The van der Waals surface area contributed by atoms with Crippen LogP contribution in [0, 0.1) is 5.82 Å². The molecule has 2 rings (SSSR count). The van der Waals surface area contributed by atoms with Crippen LogP contribution in [-0.4, -0.2) is 23.8 Å². The molecule has 1 aromatic carbocycles. The van der Waals surface area contributed by atoms with E-state index < -0.39 is 5.92 Å². The zero-order valence-corrected chi connectivity index (χ0v) is 8.24. The minimum Gasteiger partial charge on any atom is -0.285 e. The van der Waals surface area contributed by atoms with Gasteiger partial charge in [-0.3, -0.25) is 14.5 Å². The Labute approximate surface area is 86.5 Å². The van der Waals surface area contributed by atoms with Gasteiger partial charge in [0.05, 0.1) is 5.92 Å². The first kappa shape index (κ1) is 9.83. The summed E-state index contributed by atoms with van der Waals surface area (Å²) in [6, 6.07) is 5.69. The van der Waals surface area contributed by atoms with Crippen LogP contribution in [0.5, 0.6) is 0 Å². The molecule has 0 bridgehead atoms. The molecule has 1 fully saturated rings. The minimum atomic E-state index is -0.442. The maximum absolute atomic E-state index is 12.7. The number of carbonyl (C=O) groups is 2. The quantitative estimate of drug-likeness (QED) is 0.651. The summed E-state index contributed by atoms with van der Waals surface area (Å²) in [6.07, 6.45) is 0.182. The Bertz CT molecular complexity index is 413. The number of hydrogen-bond donors (Lipinski definition) is 0. The van der Waals surface area contributed by atoms with Crippen LogP contribution >= 0.6 is 0 Å². The van der Waals surface area contributed by atoms with Gasteiger partial charge in [-0.05, 0) is 17.7 Å². The molecule has 0 N–H and O–H groups in total. The van der Waals surface area contributed by atoms with Crippen LogP contribution < -0.4 is 0 Å². The van der Waals surface area contributed by atoms with Crippen LogP contribution in [0.2, 0.25) is 0 Å². The number of amides is 2.